The number of benzene rings is 1. The first-order valence-electron chi connectivity index (χ1n) is 4.92. The lowest BCUT2D eigenvalue weighted by molar-refractivity contribution is -0.124. The van der Waals surface area contributed by atoms with Crippen molar-refractivity contribution < 1.29 is 19.2 Å². The molecule has 1 aromatic rings. The van der Waals surface area contributed by atoms with Crippen LogP contribution in [0.4, 0.5) is 0 Å². The molecular weight excluding hydrogens is 224 g/mol. The van der Waals surface area contributed by atoms with Crippen LogP contribution < -0.4 is 11.2 Å². The van der Waals surface area contributed by atoms with Crippen molar-refractivity contribution in [2.45, 2.75) is 6.61 Å². The highest BCUT2D eigenvalue weighted by Crippen LogP contribution is 2.05. The fourth-order valence-corrected chi connectivity index (χ4v) is 1.15. The van der Waals surface area contributed by atoms with Gasteiger partial charge in [-0.05, 0) is 17.7 Å². The van der Waals surface area contributed by atoms with Gasteiger partial charge < -0.3 is 10.5 Å². The monoisotopic (exact) mass is 238 g/mol. The van der Waals surface area contributed by atoms with Crippen LogP contribution in [0.3, 0.4) is 0 Å². The molecule has 0 aliphatic rings. The molecule has 92 valence electrons. The van der Waals surface area contributed by atoms with Crippen molar-refractivity contribution in [3.63, 3.8) is 0 Å². The fraction of sp³-hybridized carbons (Fsp3) is 0.273. The van der Waals surface area contributed by atoms with Crippen LogP contribution >= 0.6 is 0 Å². The molecule has 1 aromatic carbocycles. The van der Waals surface area contributed by atoms with E-state index in [1.807, 2.05) is 0 Å². The first kappa shape index (κ1) is 13.1. The van der Waals surface area contributed by atoms with Crippen molar-refractivity contribution in [3.8, 4) is 0 Å². The molecule has 0 aromatic heterocycles. The van der Waals surface area contributed by atoms with Gasteiger partial charge in [0.15, 0.2) is 6.61 Å². The van der Waals surface area contributed by atoms with E-state index in [4.69, 9.17) is 10.5 Å². The molecule has 0 saturated heterocycles. The molecule has 0 bridgehead atoms. The fourth-order valence-electron chi connectivity index (χ4n) is 1.15. The van der Waals surface area contributed by atoms with E-state index >= 15 is 0 Å². The predicted octanol–water partition coefficient (Wildman–Crippen LogP) is -0.0203. The molecule has 6 nitrogen and oxygen atoms in total. The van der Waals surface area contributed by atoms with Crippen molar-refractivity contribution in [2.24, 2.45) is 5.73 Å². The number of hydroxylamine groups is 1. The summed E-state index contributed by atoms with van der Waals surface area (Å²) in [6.45, 7) is 0.133. The number of methoxy groups -OCH3 is 1. The zero-order chi connectivity index (χ0) is 12.7. The molecule has 0 fully saturated rings. The molecule has 0 unspecified atom stereocenters. The van der Waals surface area contributed by atoms with E-state index in [-0.39, 0.29) is 6.61 Å². The minimum absolute atomic E-state index is 0.354. The van der Waals surface area contributed by atoms with Crippen LogP contribution in [0.25, 0.3) is 0 Å². The van der Waals surface area contributed by atoms with Crippen LogP contribution in [0.15, 0.2) is 24.3 Å². The lowest BCUT2D eigenvalue weighted by atomic mass is 10.1. The SMILES string of the molecule is COCc1ccc(C(=O)NOCC(N)=O)cc1. The Morgan fingerprint density at radius 3 is 2.47 bits per heavy atom. The second-order valence-electron chi connectivity index (χ2n) is 3.32. The maximum absolute atomic E-state index is 11.5. The Balaban J connectivity index is 2.48. The Morgan fingerprint density at radius 2 is 1.94 bits per heavy atom. The summed E-state index contributed by atoms with van der Waals surface area (Å²) in [5.74, 6) is -1.09. The highest BCUT2D eigenvalue weighted by molar-refractivity contribution is 5.93. The molecule has 17 heavy (non-hydrogen) atoms. The Kier molecular flexibility index (Phi) is 5.12. The second-order valence-corrected chi connectivity index (χ2v) is 3.32. The number of nitrogens with two attached hydrogens (primary N) is 1. The molecule has 2 amide bonds. The topological polar surface area (TPSA) is 90.7 Å². The van der Waals surface area contributed by atoms with Gasteiger partial charge in [0.2, 0.25) is 5.91 Å². The lowest BCUT2D eigenvalue weighted by Gasteiger charge is -2.05. The maximum atomic E-state index is 11.5. The highest BCUT2D eigenvalue weighted by atomic mass is 16.7. The van der Waals surface area contributed by atoms with Gasteiger partial charge in [-0.1, -0.05) is 12.1 Å². The second kappa shape index (κ2) is 6.62. The van der Waals surface area contributed by atoms with Crippen LogP contribution in [-0.2, 0) is 21.0 Å². The summed E-state index contributed by atoms with van der Waals surface area (Å²) in [5.41, 5.74) is 8.34. The molecule has 0 aliphatic heterocycles. The third-order valence-corrected chi connectivity index (χ3v) is 1.91. The van der Waals surface area contributed by atoms with E-state index in [1.165, 1.54) is 0 Å². The summed E-state index contributed by atoms with van der Waals surface area (Å²) in [5, 5.41) is 0. The molecule has 0 heterocycles. The molecule has 6 heteroatoms. The summed E-state index contributed by atoms with van der Waals surface area (Å²) in [6.07, 6.45) is 0. The molecule has 0 radical (unpaired) electrons. The van der Waals surface area contributed by atoms with E-state index in [1.54, 1.807) is 31.4 Å². The minimum atomic E-state index is -0.652. The third-order valence-electron chi connectivity index (χ3n) is 1.91. The first-order chi connectivity index (χ1) is 8.13. The molecule has 1 rings (SSSR count). The number of rotatable bonds is 6. The Labute approximate surface area is 98.7 Å². The van der Waals surface area contributed by atoms with Gasteiger partial charge in [-0.15, -0.1) is 0 Å². The number of carbonyl (C=O) groups is 2. The van der Waals surface area contributed by atoms with E-state index in [2.05, 4.69) is 10.3 Å². The van der Waals surface area contributed by atoms with Crippen LogP contribution in [0.2, 0.25) is 0 Å². The minimum Gasteiger partial charge on any atom is -0.380 e. The van der Waals surface area contributed by atoms with E-state index in [0.717, 1.165) is 5.56 Å². The summed E-state index contributed by atoms with van der Waals surface area (Å²) < 4.78 is 4.94. The Morgan fingerprint density at radius 1 is 1.29 bits per heavy atom. The number of hydrogen-bond acceptors (Lipinski definition) is 4. The molecular formula is C11H14N2O4. The standard InChI is InChI=1S/C11H14N2O4/c1-16-6-8-2-4-9(5-3-8)11(15)13-17-7-10(12)14/h2-5H,6-7H2,1H3,(H2,12,14)(H,13,15). The number of hydrogen-bond donors (Lipinski definition) is 2. The Bertz CT molecular complexity index is 389. The zero-order valence-corrected chi connectivity index (χ0v) is 9.43. The van der Waals surface area contributed by atoms with Crippen molar-refractivity contribution in [3.05, 3.63) is 35.4 Å². The van der Waals surface area contributed by atoms with Crippen LogP contribution in [0.5, 0.6) is 0 Å². The summed E-state index contributed by atoms with van der Waals surface area (Å²) in [6, 6.07) is 6.81. The highest BCUT2D eigenvalue weighted by Gasteiger charge is 2.05. The molecule has 0 atom stereocenters. The number of nitrogens with one attached hydrogen (secondary N) is 1. The number of primary amides is 1. The first-order valence-corrected chi connectivity index (χ1v) is 4.92. The van der Waals surface area contributed by atoms with Gasteiger partial charge in [0.1, 0.15) is 0 Å². The zero-order valence-electron chi connectivity index (χ0n) is 9.43. The molecule has 0 aliphatic carbocycles. The van der Waals surface area contributed by atoms with E-state index < -0.39 is 11.8 Å². The van der Waals surface area contributed by atoms with Crippen molar-refractivity contribution in [1.82, 2.24) is 5.48 Å². The van der Waals surface area contributed by atoms with E-state index in [9.17, 15) is 9.59 Å². The summed E-state index contributed by atoms with van der Waals surface area (Å²) in [7, 11) is 1.60. The van der Waals surface area contributed by atoms with Gasteiger partial charge in [-0.3, -0.25) is 14.4 Å². The van der Waals surface area contributed by atoms with Crippen LogP contribution in [-0.4, -0.2) is 25.5 Å². The molecule has 0 spiro atoms. The van der Waals surface area contributed by atoms with Gasteiger partial charge in [-0.2, -0.15) is 0 Å². The predicted molar refractivity (Wildman–Crippen MR) is 59.8 cm³/mol. The van der Waals surface area contributed by atoms with Crippen molar-refractivity contribution in [1.29, 1.82) is 0 Å². The van der Waals surface area contributed by atoms with Crippen molar-refractivity contribution >= 4 is 11.8 Å². The lowest BCUT2D eigenvalue weighted by Crippen LogP contribution is -2.29. The number of amides is 2. The van der Waals surface area contributed by atoms with Crippen molar-refractivity contribution in [2.75, 3.05) is 13.7 Å². The third kappa shape index (κ3) is 4.62. The largest absolute Gasteiger partial charge is 0.380 e. The van der Waals surface area contributed by atoms with Gasteiger partial charge in [0, 0.05) is 12.7 Å². The number of ether oxygens (including phenoxy) is 1. The average Bonchev–Trinajstić information content (AvgIpc) is 2.30. The summed E-state index contributed by atoms with van der Waals surface area (Å²) >= 11 is 0. The van der Waals surface area contributed by atoms with Gasteiger partial charge in [0.05, 0.1) is 6.61 Å². The Hall–Kier alpha value is -1.92. The van der Waals surface area contributed by atoms with Gasteiger partial charge in [-0.25, -0.2) is 5.48 Å². The summed E-state index contributed by atoms with van der Waals surface area (Å²) in [4.78, 5) is 26.4. The van der Waals surface area contributed by atoms with Gasteiger partial charge in [0.25, 0.3) is 5.91 Å². The quantitative estimate of drug-likeness (QED) is 0.681. The van der Waals surface area contributed by atoms with E-state index in [0.29, 0.717) is 12.2 Å². The molecule has 3 N–H and O–H groups in total. The number of carbonyl (C=O) groups excluding carboxylic acids is 2. The average molecular weight is 238 g/mol. The molecule has 0 saturated carbocycles. The maximum Gasteiger partial charge on any atom is 0.274 e. The normalized spacial score (nSPS) is 9.94. The smallest absolute Gasteiger partial charge is 0.274 e. The van der Waals surface area contributed by atoms with Crippen LogP contribution in [0.1, 0.15) is 15.9 Å². The van der Waals surface area contributed by atoms with Crippen LogP contribution in [0, 0.1) is 0 Å². The van der Waals surface area contributed by atoms with Gasteiger partial charge >= 0.3 is 0 Å².